The molecule has 2 unspecified atom stereocenters. The summed E-state index contributed by atoms with van der Waals surface area (Å²) < 4.78 is 5.37. The van der Waals surface area contributed by atoms with Crippen LogP contribution in [0.15, 0.2) is 66.0 Å². The van der Waals surface area contributed by atoms with Crippen LogP contribution in [0.4, 0.5) is 0 Å². The van der Waals surface area contributed by atoms with Gasteiger partial charge in [0.2, 0.25) is 0 Å². The maximum atomic E-state index is 10.9. The highest BCUT2D eigenvalue weighted by Crippen LogP contribution is 2.49. The van der Waals surface area contributed by atoms with Crippen molar-refractivity contribution in [2.45, 2.75) is 23.3 Å². The first-order valence-electron chi connectivity index (χ1n) is 6.84. The summed E-state index contributed by atoms with van der Waals surface area (Å²) in [7, 11) is 0. The molecular formula is C17H15BrO3. The molecule has 21 heavy (non-hydrogen) atoms. The molecule has 2 aliphatic rings. The van der Waals surface area contributed by atoms with Crippen molar-refractivity contribution in [3.05, 3.63) is 71.5 Å². The fraction of sp³-hybridized carbons (Fsp3) is 0.235. The van der Waals surface area contributed by atoms with Crippen molar-refractivity contribution in [1.82, 2.24) is 0 Å². The van der Waals surface area contributed by atoms with Gasteiger partial charge in [-0.25, -0.2) is 0 Å². The van der Waals surface area contributed by atoms with Gasteiger partial charge in [0, 0.05) is 12.0 Å². The third kappa shape index (κ3) is 2.81. The number of hydrogen-bond donors (Lipinski definition) is 1. The first-order chi connectivity index (χ1) is 10.1. The largest absolute Gasteiger partial charge is 0.481 e. The van der Waals surface area contributed by atoms with Gasteiger partial charge in [0.15, 0.2) is 4.51 Å². The second kappa shape index (κ2) is 5.53. The molecule has 1 N–H and O–H groups in total. The van der Waals surface area contributed by atoms with Crippen molar-refractivity contribution in [1.29, 1.82) is 0 Å². The summed E-state index contributed by atoms with van der Waals surface area (Å²) in [5.41, 5.74) is 2.15. The molecule has 1 aromatic carbocycles. The van der Waals surface area contributed by atoms with Crippen molar-refractivity contribution >= 4 is 21.9 Å². The van der Waals surface area contributed by atoms with E-state index in [0.29, 0.717) is 6.42 Å². The number of ether oxygens (including phenoxy) is 1. The zero-order valence-corrected chi connectivity index (χ0v) is 12.9. The number of carbonyl (C=O) groups is 1. The van der Waals surface area contributed by atoms with Gasteiger partial charge in [0.25, 0.3) is 0 Å². The Balaban J connectivity index is 1.98. The molecule has 3 rings (SSSR count). The van der Waals surface area contributed by atoms with Gasteiger partial charge in [0.1, 0.15) is 5.76 Å². The van der Waals surface area contributed by atoms with Crippen molar-refractivity contribution < 1.29 is 14.6 Å². The number of carboxylic acids is 1. The van der Waals surface area contributed by atoms with Gasteiger partial charge in [-0.2, -0.15) is 0 Å². The van der Waals surface area contributed by atoms with Crippen LogP contribution < -0.4 is 0 Å². The van der Waals surface area contributed by atoms with Crippen LogP contribution in [0.5, 0.6) is 0 Å². The maximum absolute atomic E-state index is 10.9. The van der Waals surface area contributed by atoms with E-state index in [2.05, 4.69) is 22.0 Å². The third-order valence-electron chi connectivity index (χ3n) is 3.74. The molecule has 0 spiro atoms. The minimum absolute atomic E-state index is 0.0343. The molecule has 2 atom stereocenters. The smallest absolute Gasteiger partial charge is 0.303 e. The van der Waals surface area contributed by atoms with Crippen LogP contribution in [-0.2, 0) is 9.53 Å². The van der Waals surface area contributed by atoms with E-state index >= 15 is 0 Å². The van der Waals surface area contributed by atoms with Crippen molar-refractivity contribution in [2.24, 2.45) is 0 Å². The van der Waals surface area contributed by atoms with Crippen LogP contribution in [-0.4, -0.2) is 15.6 Å². The third-order valence-corrected chi connectivity index (χ3v) is 4.79. The van der Waals surface area contributed by atoms with Gasteiger partial charge in [-0.15, -0.1) is 0 Å². The van der Waals surface area contributed by atoms with E-state index in [1.165, 1.54) is 0 Å². The Morgan fingerprint density at radius 2 is 2.10 bits per heavy atom. The van der Waals surface area contributed by atoms with E-state index in [1.807, 2.05) is 48.6 Å². The summed E-state index contributed by atoms with van der Waals surface area (Å²) in [6.45, 7) is 0. The van der Waals surface area contributed by atoms with Crippen LogP contribution in [0.2, 0.25) is 0 Å². The average Bonchev–Trinajstić information content (AvgIpc) is 2.92. The van der Waals surface area contributed by atoms with Crippen LogP contribution in [0, 0.1) is 0 Å². The lowest BCUT2D eigenvalue weighted by atomic mass is 9.86. The fourth-order valence-corrected chi connectivity index (χ4v) is 3.46. The predicted octanol–water partition coefficient (Wildman–Crippen LogP) is 4.14. The molecule has 1 aromatic rings. The minimum atomic E-state index is -0.822. The molecule has 0 saturated carbocycles. The molecule has 3 nitrogen and oxygen atoms in total. The Bertz CT molecular complexity index is 645. The minimum Gasteiger partial charge on any atom is -0.481 e. The molecule has 1 aliphatic carbocycles. The van der Waals surface area contributed by atoms with Gasteiger partial charge < -0.3 is 9.84 Å². The monoisotopic (exact) mass is 346 g/mol. The van der Waals surface area contributed by atoms with E-state index < -0.39 is 10.5 Å². The zero-order chi connectivity index (χ0) is 14.9. The Morgan fingerprint density at radius 3 is 2.81 bits per heavy atom. The number of allylic oxidation sites excluding steroid dienone is 3. The summed E-state index contributed by atoms with van der Waals surface area (Å²) in [5, 5.41) is 8.98. The predicted molar refractivity (Wildman–Crippen MR) is 84.1 cm³/mol. The first-order valence-corrected chi connectivity index (χ1v) is 7.63. The van der Waals surface area contributed by atoms with E-state index in [0.717, 1.165) is 16.9 Å². The van der Waals surface area contributed by atoms with Gasteiger partial charge >= 0.3 is 5.97 Å². The summed E-state index contributed by atoms with van der Waals surface area (Å²) in [5.74, 6) is -0.0602. The molecule has 108 valence electrons. The Morgan fingerprint density at radius 1 is 1.33 bits per heavy atom. The summed E-state index contributed by atoms with van der Waals surface area (Å²) >= 11 is 3.67. The number of carboxylic acid groups (broad SMARTS) is 1. The van der Waals surface area contributed by atoms with Gasteiger partial charge in [-0.05, 0) is 27.6 Å². The van der Waals surface area contributed by atoms with Crippen LogP contribution >= 0.6 is 15.9 Å². The second-order valence-corrected chi connectivity index (χ2v) is 6.52. The van der Waals surface area contributed by atoms with E-state index in [9.17, 15) is 4.79 Å². The summed E-state index contributed by atoms with van der Waals surface area (Å²) in [4.78, 5) is 10.9. The lowest BCUT2D eigenvalue weighted by Crippen LogP contribution is -2.35. The summed E-state index contributed by atoms with van der Waals surface area (Å²) in [6, 6.07) is 10.0. The number of hydrogen-bond acceptors (Lipinski definition) is 2. The molecule has 0 radical (unpaired) electrons. The normalized spacial score (nSPS) is 26.6. The first kappa shape index (κ1) is 14.1. The number of rotatable bonds is 4. The molecular weight excluding hydrogens is 332 g/mol. The Kier molecular flexibility index (Phi) is 3.72. The van der Waals surface area contributed by atoms with Crippen LogP contribution in [0.1, 0.15) is 24.3 Å². The highest BCUT2D eigenvalue weighted by Gasteiger charge is 2.43. The second-order valence-electron chi connectivity index (χ2n) is 5.18. The van der Waals surface area contributed by atoms with Crippen molar-refractivity contribution in [2.75, 3.05) is 0 Å². The van der Waals surface area contributed by atoms with E-state index in [4.69, 9.17) is 9.84 Å². The lowest BCUT2D eigenvalue weighted by molar-refractivity contribution is -0.137. The van der Waals surface area contributed by atoms with Gasteiger partial charge in [0.05, 0.1) is 12.3 Å². The topological polar surface area (TPSA) is 46.5 Å². The number of alkyl halides is 1. The number of benzene rings is 1. The molecule has 0 bridgehead atoms. The SMILES string of the molecule is O=C(O)CCC1(Br)OC2=CC=CC2=CC1c1ccccc1. The van der Waals surface area contributed by atoms with Crippen molar-refractivity contribution in [3.8, 4) is 0 Å². The van der Waals surface area contributed by atoms with Crippen LogP contribution in [0.25, 0.3) is 0 Å². The maximum Gasteiger partial charge on any atom is 0.303 e. The number of halogens is 1. The van der Waals surface area contributed by atoms with Crippen molar-refractivity contribution in [3.63, 3.8) is 0 Å². The van der Waals surface area contributed by atoms with Crippen LogP contribution in [0.3, 0.4) is 0 Å². The highest BCUT2D eigenvalue weighted by atomic mass is 79.9. The lowest BCUT2D eigenvalue weighted by Gasteiger charge is -2.39. The average molecular weight is 347 g/mol. The quantitative estimate of drug-likeness (QED) is 0.833. The summed E-state index contributed by atoms with van der Waals surface area (Å²) in [6.07, 6.45) is 8.45. The number of fused-ring (bicyclic) bond motifs is 1. The fourth-order valence-electron chi connectivity index (χ4n) is 2.69. The van der Waals surface area contributed by atoms with Gasteiger partial charge in [-0.1, -0.05) is 48.6 Å². The standard InChI is InChI=1S/C17H15BrO3/c18-17(10-9-16(19)20)14(12-5-2-1-3-6-12)11-13-7-4-8-15(13)21-17/h1-8,11,14H,9-10H2,(H,19,20). The van der Waals surface area contributed by atoms with E-state index in [-0.39, 0.29) is 12.3 Å². The molecule has 4 heteroatoms. The zero-order valence-electron chi connectivity index (χ0n) is 11.3. The molecule has 1 heterocycles. The van der Waals surface area contributed by atoms with Gasteiger partial charge in [-0.3, -0.25) is 4.79 Å². The van der Waals surface area contributed by atoms with E-state index in [1.54, 1.807) is 0 Å². The Hall–Kier alpha value is -1.81. The molecule has 0 fully saturated rings. The molecule has 0 aromatic heterocycles. The molecule has 0 saturated heterocycles. The Labute approximate surface area is 131 Å². The molecule has 0 amide bonds. The number of aliphatic carboxylic acids is 1. The molecule has 1 aliphatic heterocycles. The highest BCUT2D eigenvalue weighted by molar-refractivity contribution is 9.10.